The van der Waals surface area contributed by atoms with Gasteiger partial charge in [-0.25, -0.2) is 9.59 Å². The number of anilines is 2. The van der Waals surface area contributed by atoms with Crippen molar-refractivity contribution in [2.45, 2.75) is 39.2 Å². The summed E-state index contributed by atoms with van der Waals surface area (Å²) in [4.78, 5) is 36.8. The summed E-state index contributed by atoms with van der Waals surface area (Å²) in [6.07, 6.45) is 1.49. The van der Waals surface area contributed by atoms with Crippen LogP contribution in [0.4, 0.5) is 21.0 Å². The molecule has 26 heavy (non-hydrogen) atoms. The molecule has 1 aliphatic rings. The Bertz CT molecular complexity index is 625. The second-order valence-electron chi connectivity index (χ2n) is 6.04. The SMILES string of the molecule is CCOC(=O)N1CCC(NC(=O)Nc2ccc(NC(=O)CC)cc2)CC1. The van der Waals surface area contributed by atoms with Crippen molar-refractivity contribution in [3.05, 3.63) is 24.3 Å². The molecular formula is C18H26N4O4. The molecule has 8 heteroatoms. The maximum atomic E-state index is 12.1. The second-order valence-corrected chi connectivity index (χ2v) is 6.04. The Kier molecular flexibility index (Phi) is 7.25. The minimum Gasteiger partial charge on any atom is -0.450 e. The van der Waals surface area contributed by atoms with Crippen LogP contribution < -0.4 is 16.0 Å². The Hall–Kier alpha value is -2.77. The molecular weight excluding hydrogens is 336 g/mol. The third-order valence-electron chi connectivity index (χ3n) is 4.10. The lowest BCUT2D eigenvalue weighted by atomic mass is 10.1. The van der Waals surface area contributed by atoms with Crippen molar-refractivity contribution in [3.63, 3.8) is 0 Å². The van der Waals surface area contributed by atoms with Crippen LogP contribution in [-0.4, -0.2) is 48.7 Å². The molecule has 0 spiro atoms. The van der Waals surface area contributed by atoms with E-state index in [1.54, 1.807) is 43.0 Å². The van der Waals surface area contributed by atoms with Crippen LogP contribution in [0.3, 0.4) is 0 Å². The molecule has 1 heterocycles. The summed E-state index contributed by atoms with van der Waals surface area (Å²) >= 11 is 0. The maximum Gasteiger partial charge on any atom is 0.409 e. The highest BCUT2D eigenvalue weighted by Crippen LogP contribution is 2.15. The summed E-state index contributed by atoms with van der Waals surface area (Å²) in [7, 11) is 0. The van der Waals surface area contributed by atoms with Gasteiger partial charge in [0.2, 0.25) is 5.91 Å². The first kappa shape index (κ1) is 19.6. The highest BCUT2D eigenvalue weighted by atomic mass is 16.6. The van der Waals surface area contributed by atoms with Gasteiger partial charge in [0.05, 0.1) is 6.61 Å². The number of carbonyl (C=O) groups is 3. The monoisotopic (exact) mass is 362 g/mol. The molecule has 0 aromatic heterocycles. The van der Waals surface area contributed by atoms with E-state index in [0.29, 0.717) is 50.3 Å². The number of nitrogens with zero attached hydrogens (tertiary/aromatic N) is 1. The van der Waals surface area contributed by atoms with Gasteiger partial charge in [-0.1, -0.05) is 6.92 Å². The number of hydrogen-bond acceptors (Lipinski definition) is 4. The van der Waals surface area contributed by atoms with Gasteiger partial charge in [0.1, 0.15) is 0 Å². The number of ether oxygens (including phenoxy) is 1. The van der Waals surface area contributed by atoms with E-state index in [1.807, 2.05) is 0 Å². The number of piperidine rings is 1. The molecule has 1 aromatic carbocycles. The van der Waals surface area contributed by atoms with Gasteiger partial charge in [-0.15, -0.1) is 0 Å². The number of hydrogen-bond donors (Lipinski definition) is 3. The molecule has 2 rings (SSSR count). The lowest BCUT2D eigenvalue weighted by molar-refractivity contribution is -0.115. The van der Waals surface area contributed by atoms with Crippen molar-refractivity contribution in [1.82, 2.24) is 10.2 Å². The van der Waals surface area contributed by atoms with Gasteiger partial charge in [0.15, 0.2) is 0 Å². The summed E-state index contributed by atoms with van der Waals surface area (Å²) in [5, 5.41) is 8.44. The molecule has 142 valence electrons. The largest absolute Gasteiger partial charge is 0.450 e. The number of benzene rings is 1. The minimum atomic E-state index is -0.300. The Labute approximate surface area is 153 Å². The highest BCUT2D eigenvalue weighted by molar-refractivity contribution is 5.92. The fourth-order valence-electron chi connectivity index (χ4n) is 2.66. The smallest absolute Gasteiger partial charge is 0.409 e. The van der Waals surface area contributed by atoms with Gasteiger partial charge >= 0.3 is 12.1 Å². The van der Waals surface area contributed by atoms with Gasteiger partial charge in [0.25, 0.3) is 0 Å². The second kappa shape index (κ2) is 9.65. The predicted molar refractivity (Wildman–Crippen MR) is 99.1 cm³/mol. The van der Waals surface area contributed by atoms with E-state index in [0.717, 1.165) is 0 Å². The molecule has 0 unspecified atom stereocenters. The van der Waals surface area contributed by atoms with Crippen molar-refractivity contribution in [3.8, 4) is 0 Å². The van der Waals surface area contributed by atoms with Crippen LogP contribution in [0.2, 0.25) is 0 Å². The molecule has 1 fully saturated rings. The first-order valence-electron chi connectivity index (χ1n) is 8.91. The number of amides is 4. The zero-order valence-electron chi connectivity index (χ0n) is 15.2. The molecule has 0 radical (unpaired) electrons. The average Bonchev–Trinajstić information content (AvgIpc) is 2.64. The van der Waals surface area contributed by atoms with Crippen LogP contribution >= 0.6 is 0 Å². The Morgan fingerprint density at radius 2 is 1.62 bits per heavy atom. The summed E-state index contributed by atoms with van der Waals surface area (Å²) in [6.45, 7) is 5.05. The first-order chi connectivity index (χ1) is 12.5. The number of likely N-dealkylation sites (tertiary alicyclic amines) is 1. The summed E-state index contributed by atoms with van der Waals surface area (Å²) in [5.41, 5.74) is 1.33. The van der Waals surface area contributed by atoms with Crippen molar-refractivity contribution in [2.75, 3.05) is 30.3 Å². The van der Waals surface area contributed by atoms with E-state index in [4.69, 9.17) is 4.74 Å². The fourth-order valence-corrected chi connectivity index (χ4v) is 2.66. The van der Waals surface area contributed by atoms with Crippen molar-refractivity contribution < 1.29 is 19.1 Å². The lowest BCUT2D eigenvalue weighted by Crippen LogP contribution is -2.47. The Balaban J connectivity index is 1.75. The van der Waals surface area contributed by atoms with Crippen LogP contribution in [-0.2, 0) is 9.53 Å². The van der Waals surface area contributed by atoms with Gasteiger partial charge in [-0.2, -0.15) is 0 Å². The van der Waals surface area contributed by atoms with Gasteiger partial charge in [0, 0.05) is 36.9 Å². The molecule has 1 saturated heterocycles. The van der Waals surface area contributed by atoms with Crippen LogP contribution in [0.25, 0.3) is 0 Å². The summed E-state index contributed by atoms with van der Waals surface area (Å²) in [5.74, 6) is -0.0578. The standard InChI is InChI=1S/C18H26N4O4/c1-3-16(23)19-13-5-7-14(8-6-13)20-17(24)21-15-9-11-22(12-10-15)18(25)26-4-2/h5-8,15H,3-4,9-12H2,1-2H3,(H,19,23)(H2,20,21,24). The van der Waals surface area contributed by atoms with Crippen molar-refractivity contribution >= 4 is 29.4 Å². The van der Waals surface area contributed by atoms with Crippen LogP contribution in [0.1, 0.15) is 33.1 Å². The highest BCUT2D eigenvalue weighted by Gasteiger charge is 2.24. The topological polar surface area (TPSA) is 99.8 Å². The van der Waals surface area contributed by atoms with E-state index in [2.05, 4.69) is 16.0 Å². The van der Waals surface area contributed by atoms with E-state index in [-0.39, 0.29) is 24.1 Å². The third-order valence-corrected chi connectivity index (χ3v) is 4.10. The average molecular weight is 362 g/mol. The van der Waals surface area contributed by atoms with Gasteiger partial charge < -0.3 is 25.6 Å². The quantitative estimate of drug-likeness (QED) is 0.750. The number of nitrogens with one attached hydrogen (secondary N) is 3. The minimum absolute atomic E-state index is 0.0174. The van der Waals surface area contributed by atoms with Gasteiger partial charge in [-0.05, 0) is 44.0 Å². The molecule has 4 amide bonds. The van der Waals surface area contributed by atoms with E-state index < -0.39 is 0 Å². The third kappa shape index (κ3) is 5.94. The van der Waals surface area contributed by atoms with Crippen molar-refractivity contribution in [1.29, 1.82) is 0 Å². The predicted octanol–water partition coefficient (Wildman–Crippen LogP) is 2.78. The van der Waals surface area contributed by atoms with E-state index >= 15 is 0 Å². The molecule has 1 aromatic rings. The van der Waals surface area contributed by atoms with E-state index in [1.165, 1.54) is 0 Å². The molecule has 8 nitrogen and oxygen atoms in total. The summed E-state index contributed by atoms with van der Waals surface area (Å²) < 4.78 is 4.98. The molecule has 1 aliphatic heterocycles. The summed E-state index contributed by atoms with van der Waals surface area (Å²) in [6, 6.07) is 6.67. The van der Waals surface area contributed by atoms with Crippen LogP contribution in [0.5, 0.6) is 0 Å². The molecule has 0 saturated carbocycles. The Morgan fingerprint density at radius 3 is 2.15 bits per heavy atom. The van der Waals surface area contributed by atoms with Crippen molar-refractivity contribution in [2.24, 2.45) is 0 Å². The van der Waals surface area contributed by atoms with Crippen LogP contribution in [0, 0.1) is 0 Å². The van der Waals surface area contributed by atoms with E-state index in [9.17, 15) is 14.4 Å². The number of rotatable bonds is 5. The molecule has 3 N–H and O–H groups in total. The lowest BCUT2D eigenvalue weighted by Gasteiger charge is -2.31. The zero-order valence-corrected chi connectivity index (χ0v) is 15.2. The Morgan fingerprint density at radius 1 is 1.04 bits per heavy atom. The normalized spacial score (nSPS) is 14.5. The first-order valence-corrected chi connectivity index (χ1v) is 8.91. The van der Waals surface area contributed by atoms with Gasteiger partial charge in [-0.3, -0.25) is 4.79 Å². The molecule has 0 bridgehead atoms. The fraction of sp³-hybridized carbons (Fsp3) is 0.500. The number of urea groups is 1. The van der Waals surface area contributed by atoms with Crippen LogP contribution in [0.15, 0.2) is 24.3 Å². The molecule has 0 atom stereocenters. The molecule has 0 aliphatic carbocycles. The maximum absolute atomic E-state index is 12.1. The number of carbonyl (C=O) groups excluding carboxylic acids is 3. The zero-order chi connectivity index (χ0) is 18.9.